The van der Waals surface area contributed by atoms with Crippen molar-refractivity contribution < 1.29 is 17.9 Å². The second kappa shape index (κ2) is 6.99. The van der Waals surface area contributed by atoms with Crippen molar-refractivity contribution in [3.8, 4) is 5.88 Å². The van der Waals surface area contributed by atoms with E-state index in [0.29, 0.717) is 0 Å². The number of halogens is 4. The molecule has 24 heavy (non-hydrogen) atoms. The standard InChI is InChI=1S/C17H16ClF3N2O/c18-14-8-13(17(19,20)21)10-23-16(14)24-15(12-6-7-22-9-12)11-4-2-1-3-5-11/h1-5,8,10,12,15,22H,6-7,9H2/t12-,15?/m0/s1. The molecule has 0 amide bonds. The van der Waals surface area contributed by atoms with Crippen LogP contribution in [0.1, 0.15) is 23.7 Å². The summed E-state index contributed by atoms with van der Waals surface area (Å²) in [6, 6.07) is 10.4. The highest BCUT2D eigenvalue weighted by atomic mass is 35.5. The molecule has 1 aromatic carbocycles. The van der Waals surface area contributed by atoms with E-state index >= 15 is 0 Å². The van der Waals surface area contributed by atoms with Gasteiger partial charge in [-0.3, -0.25) is 0 Å². The highest BCUT2D eigenvalue weighted by Crippen LogP contribution is 2.37. The maximum atomic E-state index is 12.7. The molecule has 1 saturated heterocycles. The molecule has 128 valence electrons. The Morgan fingerprint density at radius 3 is 2.58 bits per heavy atom. The van der Waals surface area contributed by atoms with Gasteiger partial charge in [0.25, 0.3) is 0 Å². The van der Waals surface area contributed by atoms with Gasteiger partial charge in [0, 0.05) is 18.7 Å². The first kappa shape index (κ1) is 17.0. The maximum absolute atomic E-state index is 12.7. The molecule has 1 aliphatic rings. The van der Waals surface area contributed by atoms with Gasteiger partial charge in [0.2, 0.25) is 5.88 Å². The summed E-state index contributed by atoms with van der Waals surface area (Å²) in [6.45, 7) is 1.66. The number of aromatic nitrogens is 1. The van der Waals surface area contributed by atoms with E-state index in [1.165, 1.54) is 0 Å². The van der Waals surface area contributed by atoms with Gasteiger partial charge >= 0.3 is 6.18 Å². The van der Waals surface area contributed by atoms with E-state index in [4.69, 9.17) is 16.3 Å². The van der Waals surface area contributed by atoms with Crippen LogP contribution in [0.3, 0.4) is 0 Å². The molecule has 1 aliphatic heterocycles. The molecule has 3 rings (SSSR count). The smallest absolute Gasteiger partial charge is 0.417 e. The number of pyridine rings is 1. The molecule has 1 unspecified atom stereocenters. The molecule has 1 fully saturated rings. The van der Waals surface area contributed by atoms with Crippen molar-refractivity contribution >= 4 is 11.6 Å². The molecule has 2 atom stereocenters. The Morgan fingerprint density at radius 2 is 2.00 bits per heavy atom. The SMILES string of the molecule is FC(F)(F)c1cnc(OC(c2ccccc2)[C@H]2CCNC2)c(Cl)c1. The van der Waals surface area contributed by atoms with Crippen LogP contribution in [0.2, 0.25) is 5.02 Å². The van der Waals surface area contributed by atoms with Crippen LogP contribution in [0.25, 0.3) is 0 Å². The van der Waals surface area contributed by atoms with E-state index in [-0.39, 0.29) is 22.9 Å². The van der Waals surface area contributed by atoms with Gasteiger partial charge in [-0.15, -0.1) is 0 Å². The van der Waals surface area contributed by atoms with Crippen molar-refractivity contribution in [3.63, 3.8) is 0 Å². The maximum Gasteiger partial charge on any atom is 0.417 e. The average Bonchev–Trinajstić information content (AvgIpc) is 3.08. The lowest BCUT2D eigenvalue weighted by Crippen LogP contribution is -2.22. The Kier molecular flexibility index (Phi) is 4.96. The minimum Gasteiger partial charge on any atom is -0.468 e. The molecule has 0 spiro atoms. The van der Waals surface area contributed by atoms with Gasteiger partial charge in [-0.25, -0.2) is 4.98 Å². The molecule has 0 saturated carbocycles. The third-order valence-corrected chi connectivity index (χ3v) is 4.30. The highest BCUT2D eigenvalue weighted by Gasteiger charge is 2.33. The van der Waals surface area contributed by atoms with E-state index in [1.54, 1.807) is 0 Å². The zero-order chi connectivity index (χ0) is 17.2. The summed E-state index contributed by atoms with van der Waals surface area (Å²) in [5.41, 5.74) is 0.0580. The molecule has 1 aromatic heterocycles. The van der Waals surface area contributed by atoms with E-state index in [2.05, 4.69) is 10.3 Å². The summed E-state index contributed by atoms with van der Waals surface area (Å²) in [6.07, 6.45) is -3.14. The number of nitrogens with one attached hydrogen (secondary N) is 1. The number of ether oxygens (including phenoxy) is 1. The summed E-state index contributed by atoms with van der Waals surface area (Å²) in [5, 5.41) is 3.13. The summed E-state index contributed by atoms with van der Waals surface area (Å²) in [7, 11) is 0. The number of rotatable bonds is 4. The average molecular weight is 357 g/mol. The van der Waals surface area contributed by atoms with Gasteiger partial charge in [-0.05, 0) is 24.6 Å². The van der Waals surface area contributed by atoms with Crippen molar-refractivity contribution in [2.24, 2.45) is 5.92 Å². The van der Waals surface area contributed by atoms with Gasteiger partial charge in [0.15, 0.2) is 0 Å². The van der Waals surface area contributed by atoms with Crippen LogP contribution in [0.5, 0.6) is 5.88 Å². The minimum absolute atomic E-state index is 0.0189. The minimum atomic E-state index is -4.48. The van der Waals surface area contributed by atoms with Gasteiger partial charge < -0.3 is 10.1 Å². The first-order valence-electron chi connectivity index (χ1n) is 7.60. The molecule has 0 bridgehead atoms. The van der Waals surface area contributed by atoms with Crippen LogP contribution in [0, 0.1) is 5.92 Å². The first-order chi connectivity index (χ1) is 11.4. The summed E-state index contributed by atoms with van der Waals surface area (Å²) < 4.78 is 44.1. The van der Waals surface area contributed by atoms with Gasteiger partial charge in [0.1, 0.15) is 11.1 Å². The van der Waals surface area contributed by atoms with Gasteiger partial charge in [-0.2, -0.15) is 13.2 Å². The Hall–Kier alpha value is -1.79. The topological polar surface area (TPSA) is 34.1 Å². The van der Waals surface area contributed by atoms with Crippen molar-refractivity contribution in [2.75, 3.05) is 13.1 Å². The van der Waals surface area contributed by atoms with Crippen molar-refractivity contribution in [3.05, 3.63) is 58.7 Å². The molecular weight excluding hydrogens is 341 g/mol. The monoisotopic (exact) mass is 356 g/mol. The highest BCUT2D eigenvalue weighted by molar-refractivity contribution is 6.31. The molecule has 0 radical (unpaired) electrons. The number of hydrogen-bond acceptors (Lipinski definition) is 3. The van der Waals surface area contributed by atoms with E-state index < -0.39 is 11.7 Å². The molecule has 3 nitrogen and oxygen atoms in total. The fourth-order valence-corrected chi connectivity index (χ4v) is 3.01. The van der Waals surface area contributed by atoms with Crippen molar-refractivity contribution in [1.82, 2.24) is 10.3 Å². The number of benzene rings is 1. The van der Waals surface area contributed by atoms with Crippen LogP contribution in [0.15, 0.2) is 42.6 Å². The zero-order valence-electron chi connectivity index (χ0n) is 12.7. The molecular formula is C17H16ClF3N2O. The quantitative estimate of drug-likeness (QED) is 0.876. The molecule has 2 aromatic rings. The lowest BCUT2D eigenvalue weighted by molar-refractivity contribution is -0.137. The summed E-state index contributed by atoms with van der Waals surface area (Å²) in [5.74, 6) is 0.220. The first-order valence-corrected chi connectivity index (χ1v) is 7.98. The lowest BCUT2D eigenvalue weighted by atomic mass is 9.95. The second-order valence-electron chi connectivity index (χ2n) is 5.71. The number of nitrogens with zero attached hydrogens (tertiary/aromatic N) is 1. The largest absolute Gasteiger partial charge is 0.468 e. The molecule has 0 aliphatic carbocycles. The fraction of sp³-hybridized carbons (Fsp3) is 0.353. The van der Waals surface area contributed by atoms with Crippen LogP contribution in [-0.2, 0) is 6.18 Å². The molecule has 1 N–H and O–H groups in total. The summed E-state index contributed by atoms with van der Waals surface area (Å²) >= 11 is 5.97. The number of hydrogen-bond donors (Lipinski definition) is 1. The van der Waals surface area contributed by atoms with E-state index in [0.717, 1.165) is 37.3 Å². The molecule has 2 heterocycles. The molecule has 7 heteroatoms. The predicted octanol–water partition coefficient (Wildman–Crippen LogP) is 4.48. The van der Waals surface area contributed by atoms with Crippen LogP contribution in [-0.4, -0.2) is 18.1 Å². The van der Waals surface area contributed by atoms with Crippen molar-refractivity contribution in [2.45, 2.75) is 18.7 Å². The predicted molar refractivity (Wildman–Crippen MR) is 85.0 cm³/mol. The number of alkyl halides is 3. The zero-order valence-corrected chi connectivity index (χ0v) is 13.4. The summed E-state index contributed by atoms with van der Waals surface area (Å²) in [4.78, 5) is 3.79. The second-order valence-corrected chi connectivity index (χ2v) is 6.12. The van der Waals surface area contributed by atoms with E-state index in [9.17, 15) is 13.2 Å². The Balaban J connectivity index is 1.88. The van der Waals surface area contributed by atoms with Crippen LogP contribution < -0.4 is 10.1 Å². The van der Waals surface area contributed by atoms with Crippen LogP contribution in [0.4, 0.5) is 13.2 Å². The van der Waals surface area contributed by atoms with Crippen LogP contribution >= 0.6 is 11.6 Å². The Labute approximate surface area is 142 Å². The van der Waals surface area contributed by atoms with Crippen molar-refractivity contribution in [1.29, 1.82) is 0 Å². The third-order valence-electron chi connectivity index (χ3n) is 4.03. The van der Waals surface area contributed by atoms with E-state index in [1.807, 2.05) is 30.3 Å². The fourth-order valence-electron chi connectivity index (χ4n) is 2.80. The van der Waals surface area contributed by atoms with Gasteiger partial charge in [-0.1, -0.05) is 41.9 Å². The Bertz CT molecular complexity index is 688. The third kappa shape index (κ3) is 3.82. The normalized spacial score (nSPS) is 19.2. The Morgan fingerprint density at radius 1 is 1.25 bits per heavy atom. The van der Waals surface area contributed by atoms with Gasteiger partial charge in [0.05, 0.1) is 5.56 Å². The lowest BCUT2D eigenvalue weighted by Gasteiger charge is -2.25.